The zero-order valence-electron chi connectivity index (χ0n) is 26.0. The number of hydrogen-bond donors (Lipinski definition) is 1. The number of carbonyl (C=O) groups excluding carboxylic acids is 1. The fourth-order valence-corrected chi connectivity index (χ4v) is 7.01. The van der Waals surface area contributed by atoms with Crippen LogP contribution in [0.15, 0.2) is 113 Å². The number of fused-ring (bicyclic) bond motifs is 1. The number of rotatable bonds is 11. The molecule has 9 heteroatoms. The van der Waals surface area contributed by atoms with Crippen LogP contribution in [0.2, 0.25) is 0 Å². The Morgan fingerprint density at radius 1 is 0.830 bits per heavy atom. The second-order valence-electron chi connectivity index (χ2n) is 11.4. The van der Waals surface area contributed by atoms with Crippen LogP contribution in [-0.2, 0) is 24.3 Å². The van der Waals surface area contributed by atoms with Gasteiger partial charge >= 0.3 is 5.69 Å². The van der Waals surface area contributed by atoms with Gasteiger partial charge in [0.15, 0.2) is 0 Å². The molecule has 4 aromatic carbocycles. The molecule has 0 fully saturated rings. The van der Waals surface area contributed by atoms with E-state index in [0.717, 1.165) is 38.3 Å². The lowest BCUT2D eigenvalue weighted by Gasteiger charge is -2.16. The zero-order valence-corrected chi connectivity index (χ0v) is 26.8. The highest BCUT2D eigenvalue weighted by molar-refractivity contribution is 7.22. The summed E-state index contributed by atoms with van der Waals surface area (Å²) >= 11 is 1.24. The second kappa shape index (κ2) is 13.8. The van der Waals surface area contributed by atoms with Crippen LogP contribution in [0.3, 0.4) is 0 Å². The van der Waals surface area contributed by atoms with Gasteiger partial charge in [0.05, 0.1) is 17.6 Å². The minimum atomic E-state index is -0.782. The number of ketones is 1. The Labute approximate surface area is 274 Å². The van der Waals surface area contributed by atoms with Gasteiger partial charge in [-0.15, -0.1) is 11.3 Å². The third-order valence-electron chi connectivity index (χ3n) is 8.36. The van der Waals surface area contributed by atoms with Crippen LogP contribution in [0.1, 0.15) is 48.6 Å². The van der Waals surface area contributed by atoms with Crippen molar-refractivity contribution in [3.05, 3.63) is 158 Å². The van der Waals surface area contributed by atoms with E-state index >= 15 is 0 Å². The maximum absolute atomic E-state index is 15.0. The molecule has 6 aromatic rings. The fourth-order valence-electron chi connectivity index (χ4n) is 5.70. The van der Waals surface area contributed by atoms with Crippen LogP contribution >= 0.6 is 11.3 Å². The van der Waals surface area contributed by atoms with Crippen molar-refractivity contribution in [3.63, 3.8) is 0 Å². The first-order valence-corrected chi connectivity index (χ1v) is 16.3. The summed E-state index contributed by atoms with van der Waals surface area (Å²) in [5, 5.41) is 3.84. The molecular formula is C38H33F2N3O3S. The summed E-state index contributed by atoms with van der Waals surface area (Å²) in [6.45, 7) is 3.73. The van der Waals surface area contributed by atoms with Crippen molar-refractivity contribution >= 4 is 27.3 Å². The molecule has 0 amide bonds. The van der Waals surface area contributed by atoms with Crippen LogP contribution in [0.4, 0.5) is 8.78 Å². The van der Waals surface area contributed by atoms with Gasteiger partial charge in [0.2, 0.25) is 0 Å². The molecule has 2 aromatic heterocycles. The molecule has 0 radical (unpaired) electrons. The topological polar surface area (TPSA) is 73.1 Å². The van der Waals surface area contributed by atoms with Crippen molar-refractivity contribution in [3.8, 4) is 16.1 Å². The van der Waals surface area contributed by atoms with Gasteiger partial charge in [-0.1, -0.05) is 85.8 Å². The van der Waals surface area contributed by atoms with Crippen LogP contribution in [0, 0.1) is 11.6 Å². The minimum absolute atomic E-state index is 0.0730. The summed E-state index contributed by atoms with van der Waals surface area (Å²) in [6.07, 6.45) is 0.767. The molecule has 0 saturated heterocycles. The molecule has 0 unspecified atom stereocenters. The monoisotopic (exact) mass is 649 g/mol. The van der Waals surface area contributed by atoms with E-state index in [-0.39, 0.29) is 23.9 Å². The molecule has 238 valence electrons. The van der Waals surface area contributed by atoms with Crippen LogP contribution in [-0.4, -0.2) is 14.9 Å². The Bertz CT molecular complexity index is 2150. The number of halogens is 2. The Hall–Kier alpha value is -4.99. The van der Waals surface area contributed by atoms with Crippen molar-refractivity contribution in [2.75, 3.05) is 0 Å². The summed E-state index contributed by atoms with van der Waals surface area (Å²) in [4.78, 5) is 41.7. The summed E-state index contributed by atoms with van der Waals surface area (Å²) in [5.74, 6) is -1.43. The first-order valence-electron chi connectivity index (χ1n) is 15.5. The van der Waals surface area contributed by atoms with E-state index in [1.165, 1.54) is 22.0 Å². The first-order chi connectivity index (χ1) is 22.8. The lowest BCUT2D eigenvalue weighted by atomic mass is 10.0. The third kappa shape index (κ3) is 6.50. The number of nitrogens with zero attached hydrogens (tertiary/aromatic N) is 2. The highest BCUT2D eigenvalue weighted by Crippen LogP contribution is 2.38. The van der Waals surface area contributed by atoms with Crippen LogP contribution < -0.4 is 16.6 Å². The van der Waals surface area contributed by atoms with Crippen molar-refractivity contribution in [2.45, 2.75) is 45.8 Å². The summed E-state index contributed by atoms with van der Waals surface area (Å²) < 4.78 is 32.3. The average molecular weight is 650 g/mol. The summed E-state index contributed by atoms with van der Waals surface area (Å²) in [5.41, 5.74) is 2.26. The number of para-hydroxylation sites is 1. The lowest BCUT2D eigenvalue weighted by molar-refractivity contribution is -0.118. The number of hydrogen-bond acceptors (Lipinski definition) is 5. The molecular weight excluding hydrogens is 616 g/mol. The molecule has 0 spiro atoms. The molecule has 2 heterocycles. The minimum Gasteiger partial charge on any atom is -0.306 e. The maximum atomic E-state index is 15.0. The van der Waals surface area contributed by atoms with E-state index in [1.54, 1.807) is 30.3 Å². The molecule has 0 aliphatic rings. The lowest BCUT2D eigenvalue weighted by Crippen LogP contribution is -2.39. The standard InChI is InChI=1S/C38H33F2N3O3S/c1-3-29(44)21-25-17-19-27(20-18-25)35-30(22-41-24(2)26-11-6-4-7-12-26)34-36(45)43(28-13-8-5-9-14-28)38(46)42(37(34)47-35)23-31-32(39)15-10-16-33(31)40/h4-20,24,41H,3,21-23H2,1-2H3/t24-/m0/s1. The van der Waals surface area contributed by atoms with Gasteiger partial charge < -0.3 is 5.32 Å². The van der Waals surface area contributed by atoms with E-state index in [1.807, 2.05) is 68.4 Å². The van der Waals surface area contributed by atoms with Gasteiger partial charge in [0.1, 0.15) is 22.2 Å². The zero-order chi connectivity index (χ0) is 33.1. The molecule has 1 atom stereocenters. The molecule has 0 aliphatic carbocycles. The summed E-state index contributed by atoms with van der Waals surface area (Å²) in [7, 11) is 0. The van der Waals surface area contributed by atoms with E-state index in [9.17, 15) is 23.2 Å². The van der Waals surface area contributed by atoms with Gasteiger partial charge in [0, 0.05) is 35.9 Å². The molecule has 0 aliphatic heterocycles. The Balaban J connectivity index is 1.60. The first kappa shape index (κ1) is 32.0. The van der Waals surface area contributed by atoms with Crippen molar-refractivity contribution in [1.82, 2.24) is 14.5 Å². The number of thiophene rings is 1. The predicted molar refractivity (Wildman–Crippen MR) is 183 cm³/mol. The molecule has 0 bridgehead atoms. The van der Waals surface area contributed by atoms with E-state index < -0.39 is 29.4 Å². The maximum Gasteiger partial charge on any atom is 0.337 e. The smallest absolute Gasteiger partial charge is 0.306 e. The molecule has 47 heavy (non-hydrogen) atoms. The molecule has 6 rings (SSSR count). The quantitative estimate of drug-likeness (QED) is 0.157. The van der Waals surface area contributed by atoms with E-state index in [0.29, 0.717) is 34.3 Å². The average Bonchev–Trinajstić information content (AvgIpc) is 3.47. The normalized spacial score (nSPS) is 12.0. The Morgan fingerprint density at radius 3 is 2.11 bits per heavy atom. The van der Waals surface area contributed by atoms with E-state index in [4.69, 9.17) is 0 Å². The molecule has 1 N–H and O–H groups in total. The Kier molecular flexibility index (Phi) is 9.38. The predicted octanol–water partition coefficient (Wildman–Crippen LogP) is 7.58. The van der Waals surface area contributed by atoms with Gasteiger partial charge in [-0.05, 0) is 53.4 Å². The van der Waals surface area contributed by atoms with Crippen LogP contribution in [0.25, 0.3) is 26.3 Å². The van der Waals surface area contributed by atoms with E-state index in [2.05, 4.69) is 5.32 Å². The molecule has 6 nitrogen and oxygen atoms in total. The highest BCUT2D eigenvalue weighted by Gasteiger charge is 2.25. The van der Waals surface area contributed by atoms with Crippen molar-refractivity contribution in [2.24, 2.45) is 0 Å². The van der Waals surface area contributed by atoms with Gasteiger partial charge in [0.25, 0.3) is 5.56 Å². The molecule has 0 saturated carbocycles. The SMILES string of the molecule is CCC(=O)Cc1ccc(-c2sc3c(c2CN[C@@H](C)c2ccccc2)c(=O)n(-c2ccccc2)c(=O)n3Cc2c(F)cccc2F)cc1. The van der Waals surface area contributed by atoms with Gasteiger partial charge in [-0.3, -0.25) is 14.2 Å². The second-order valence-corrected chi connectivity index (χ2v) is 12.4. The fraction of sp³-hybridized carbons (Fsp3) is 0.184. The number of carbonyl (C=O) groups is 1. The number of aromatic nitrogens is 2. The van der Waals surface area contributed by atoms with Gasteiger partial charge in [-0.2, -0.15) is 0 Å². The number of nitrogens with one attached hydrogen (secondary N) is 1. The van der Waals surface area contributed by atoms with Gasteiger partial charge in [-0.25, -0.2) is 18.1 Å². The largest absolute Gasteiger partial charge is 0.337 e. The number of benzene rings is 4. The Morgan fingerprint density at radius 2 is 1.47 bits per heavy atom. The highest BCUT2D eigenvalue weighted by atomic mass is 32.1. The van der Waals surface area contributed by atoms with Crippen LogP contribution in [0.5, 0.6) is 0 Å². The van der Waals surface area contributed by atoms with Crippen molar-refractivity contribution in [1.29, 1.82) is 0 Å². The number of Topliss-reactive ketones (excluding diaryl/α,β-unsaturated/α-hetero) is 1. The third-order valence-corrected chi connectivity index (χ3v) is 9.67. The summed E-state index contributed by atoms with van der Waals surface area (Å²) in [6, 6.07) is 29.5. The van der Waals surface area contributed by atoms with Crippen molar-refractivity contribution < 1.29 is 13.6 Å².